The van der Waals surface area contributed by atoms with Crippen LogP contribution < -0.4 is 5.48 Å². The predicted octanol–water partition coefficient (Wildman–Crippen LogP) is 4.94. The third-order valence-electron chi connectivity index (χ3n) is 6.15. The summed E-state index contributed by atoms with van der Waals surface area (Å²) in [6.45, 7) is 5.11. The number of nitrogens with one attached hydrogen (secondary N) is 1. The third-order valence-corrected chi connectivity index (χ3v) is 6.15. The van der Waals surface area contributed by atoms with E-state index >= 15 is 0 Å². The highest BCUT2D eigenvalue weighted by Crippen LogP contribution is 2.32. The zero-order valence-electron chi connectivity index (χ0n) is 17.3. The Hall–Kier alpha value is -2.95. The fourth-order valence-electron chi connectivity index (χ4n) is 4.34. The van der Waals surface area contributed by atoms with Gasteiger partial charge in [-0.15, -0.1) is 0 Å². The normalized spacial score (nSPS) is 18.2. The molecule has 2 aliphatic heterocycles. The number of rotatable bonds is 4. The Morgan fingerprint density at radius 1 is 0.867 bits per heavy atom. The van der Waals surface area contributed by atoms with Gasteiger partial charge in [0.25, 0.3) is 0 Å². The number of aryl methyl sites for hydroxylation is 1. The van der Waals surface area contributed by atoms with Gasteiger partial charge in [-0.05, 0) is 29.2 Å². The molecule has 30 heavy (non-hydrogen) atoms. The first-order valence-electron chi connectivity index (χ1n) is 10.7. The molecular formula is C26H27N3O. The fourth-order valence-corrected chi connectivity index (χ4v) is 4.34. The molecule has 0 amide bonds. The summed E-state index contributed by atoms with van der Waals surface area (Å²) in [7, 11) is 0. The molecule has 152 valence electrons. The molecular weight excluding hydrogens is 370 g/mol. The zero-order valence-corrected chi connectivity index (χ0v) is 17.3. The lowest BCUT2D eigenvalue weighted by Gasteiger charge is -2.35. The highest BCUT2D eigenvalue weighted by Gasteiger charge is 2.40. The van der Waals surface area contributed by atoms with Gasteiger partial charge >= 0.3 is 0 Å². The first-order chi connectivity index (χ1) is 14.7. The molecule has 1 N–H and O–H groups in total. The molecule has 2 heterocycles. The first kappa shape index (κ1) is 19.0. The number of nitrogens with zero attached hydrogens (tertiary/aromatic N) is 2. The molecule has 0 aliphatic carbocycles. The Bertz CT molecular complexity index is 1040. The van der Waals surface area contributed by atoms with Crippen LogP contribution in [0, 0.1) is 6.92 Å². The molecule has 0 unspecified atom stereocenters. The van der Waals surface area contributed by atoms with Crippen molar-refractivity contribution in [1.82, 2.24) is 10.4 Å². The summed E-state index contributed by atoms with van der Waals surface area (Å²) in [5.74, 6) is 0.836. The smallest absolute Gasteiger partial charge is 0.190 e. The van der Waals surface area contributed by atoms with E-state index in [-0.39, 0.29) is 0 Å². The van der Waals surface area contributed by atoms with Crippen molar-refractivity contribution in [2.45, 2.75) is 32.0 Å². The Kier molecular flexibility index (Phi) is 5.11. The van der Waals surface area contributed by atoms with Crippen molar-refractivity contribution in [3.8, 4) is 11.1 Å². The number of aliphatic imine (C=N–C) groups is 1. The quantitative estimate of drug-likeness (QED) is 0.678. The van der Waals surface area contributed by atoms with Crippen LogP contribution in [0.4, 0.5) is 0 Å². The maximum absolute atomic E-state index is 6.00. The molecule has 3 aromatic carbocycles. The lowest BCUT2D eigenvalue weighted by molar-refractivity contribution is -0.0901. The van der Waals surface area contributed by atoms with Crippen molar-refractivity contribution in [3.05, 3.63) is 95.6 Å². The van der Waals surface area contributed by atoms with E-state index in [1.807, 2.05) is 0 Å². The lowest BCUT2D eigenvalue weighted by atomic mass is 9.99. The minimum absolute atomic E-state index is 0.433. The Balaban J connectivity index is 1.26. The average molecular weight is 398 g/mol. The molecule has 5 rings (SSSR count). The molecule has 4 heteroatoms. The van der Waals surface area contributed by atoms with Crippen LogP contribution in [0.1, 0.15) is 29.5 Å². The van der Waals surface area contributed by atoms with E-state index in [1.54, 1.807) is 0 Å². The van der Waals surface area contributed by atoms with E-state index < -0.39 is 5.72 Å². The molecule has 0 saturated carbocycles. The molecule has 1 saturated heterocycles. The van der Waals surface area contributed by atoms with Gasteiger partial charge in [0.05, 0.1) is 0 Å². The fraction of sp³-hybridized carbons (Fsp3) is 0.269. The summed E-state index contributed by atoms with van der Waals surface area (Å²) in [4.78, 5) is 13.4. The van der Waals surface area contributed by atoms with Gasteiger partial charge in [-0.2, -0.15) is 0 Å². The summed E-state index contributed by atoms with van der Waals surface area (Å²) in [6.07, 6.45) is 1.80. The Morgan fingerprint density at radius 2 is 1.53 bits per heavy atom. The maximum Gasteiger partial charge on any atom is 0.190 e. The van der Waals surface area contributed by atoms with Crippen molar-refractivity contribution < 1.29 is 4.84 Å². The lowest BCUT2D eigenvalue weighted by Crippen LogP contribution is -2.44. The first-order valence-corrected chi connectivity index (χ1v) is 10.7. The van der Waals surface area contributed by atoms with Crippen LogP contribution in [0.15, 0.2) is 83.9 Å². The van der Waals surface area contributed by atoms with Crippen LogP contribution in [0.2, 0.25) is 0 Å². The van der Waals surface area contributed by atoms with Crippen LogP contribution in [0.5, 0.6) is 0 Å². The summed E-state index contributed by atoms with van der Waals surface area (Å²) in [5, 5.41) is 0. The minimum atomic E-state index is -0.433. The molecule has 2 aliphatic rings. The van der Waals surface area contributed by atoms with E-state index in [9.17, 15) is 0 Å². The number of hydrogen-bond acceptors (Lipinski definition) is 4. The number of benzene rings is 3. The molecule has 0 aromatic heterocycles. The van der Waals surface area contributed by atoms with Gasteiger partial charge in [-0.3, -0.25) is 4.90 Å². The highest BCUT2D eigenvalue weighted by molar-refractivity contribution is 5.99. The Labute approximate surface area is 178 Å². The second-order valence-corrected chi connectivity index (χ2v) is 8.26. The Morgan fingerprint density at radius 3 is 2.27 bits per heavy atom. The van der Waals surface area contributed by atoms with Gasteiger partial charge in [0.15, 0.2) is 11.6 Å². The van der Waals surface area contributed by atoms with Crippen LogP contribution in [0.25, 0.3) is 11.1 Å². The summed E-state index contributed by atoms with van der Waals surface area (Å²) in [5.41, 5.74) is 8.86. The van der Waals surface area contributed by atoms with Gasteiger partial charge in [-0.1, -0.05) is 78.9 Å². The molecule has 4 nitrogen and oxygen atoms in total. The van der Waals surface area contributed by atoms with Gasteiger partial charge in [0.1, 0.15) is 0 Å². The van der Waals surface area contributed by atoms with Gasteiger partial charge < -0.3 is 0 Å². The number of likely N-dealkylation sites (tertiary alicyclic amines) is 1. The van der Waals surface area contributed by atoms with Crippen LogP contribution in [-0.2, 0) is 11.4 Å². The standard InChI is InChI=1S/C26H27N3O/c1-20-7-5-6-10-24(20)22-11-13-23(14-12-22)25-27-26(30-28-25)15-17-29(18-16-26)19-21-8-3-2-4-9-21/h2-14H,15-19H2,1H3,(H,27,28). The number of piperidine rings is 1. The van der Waals surface area contributed by atoms with E-state index in [0.29, 0.717) is 0 Å². The van der Waals surface area contributed by atoms with Gasteiger partial charge in [-0.25, -0.2) is 15.3 Å². The molecule has 0 atom stereocenters. The van der Waals surface area contributed by atoms with E-state index in [4.69, 9.17) is 9.83 Å². The zero-order chi connectivity index (χ0) is 20.4. The van der Waals surface area contributed by atoms with E-state index in [0.717, 1.165) is 43.9 Å². The summed E-state index contributed by atoms with van der Waals surface area (Å²) >= 11 is 0. The molecule has 0 radical (unpaired) electrons. The second kappa shape index (κ2) is 8.05. The second-order valence-electron chi connectivity index (χ2n) is 8.26. The van der Waals surface area contributed by atoms with Crippen molar-refractivity contribution in [1.29, 1.82) is 0 Å². The number of hydroxylamine groups is 1. The number of hydrogen-bond donors (Lipinski definition) is 1. The van der Waals surface area contributed by atoms with Crippen molar-refractivity contribution in [2.24, 2.45) is 4.99 Å². The van der Waals surface area contributed by atoms with Crippen molar-refractivity contribution >= 4 is 5.84 Å². The predicted molar refractivity (Wildman–Crippen MR) is 121 cm³/mol. The van der Waals surface area contributed by atoms with E-state index in [2.05, 4.69) is 96.2 Å². The summed E-state index contributed by atoms with van der Waals surface area (Å²) in [6, 6.07) is 27.7. The largest absolute Gasteiger partial charge is 0.299 e. The highest BCUT2D eigenvalue weighted by atomic mass is 16.7. The topological polar surface area (TPSA) is 36.9 Å². The molecule has 1 spiro atoms. The maximum atomic E-state index is 6.00. The average Bonchev–Trinajstić information content (AvgIpc) is 3.20. The van der Waals surface area contributed by atoms with Gasteiger partial charge in [0, 0.05) is 38.0 Å². The van der Waals surface area contributed by atoms with Crippen molar-refractivity contribution in [2.75, 3.05) is 13.1 Å². The van der Waals surface area contributed by atoms with Crippen LogP contribution in [0.3, 0.4) is 0 Å². The van der Waals surface area contributed by atoms with Crippen LogP contribution in [-0.4, -0.2) is 29.6 Å². The van der Waals surface area contributed by atoms with Crippen LogP contribution >= 0.6 is 0 Å². The SMILES string of the molecule is Cc1ccccc1-c1ccc(C2=NC3(CCN(Cc4ccccc4)CC3)ON2)cc1. The van der Waals surface area contributed by atoms with Gasteiger partial charge in [0.2, 0.25) is 0 Å². The van der Waals surface area contributed by atoms with Crippen molar-refractivity contribution in [3.63, 3.8) is 0 Å². The third kappa shape index (κ3) is 3.89. The minimum Gasteiger partial charge on any atom is -0.299 e. The summed E-state index contributed by atoms with van der Waals surface area (Å²) < 4.78 is 0. The molecule has 1 fully saturated rings. The monoisotopic (exact) mass is 397 g/mol. The number of amidine groups is 1. The molecule has 0 bridgehead atoms. The molecule has 3 aromatic rings. The van der Waals surface area contributed by atoms with E-state index in [1.165, 1.54) is 22.3 Å².